The number of imide groups is 1. The van der Waals surface area contributed by atoms with Crippen molar-refractivity contribution in [1.29, 1.82) is 0 Å². The molecule has 0 bridgehead atoms. The van der Waals surface area contributed by atoms with E-state index >= 15 is 0 Å². The van der Waals surface area contributed by atoms with Gasteiger partial charge in [-0.05, 0) is 31.2 Å². The van der Waals surface area contributed by atoms with Crippen LogP contribution in [-0.4, -0.2) is 43.3 Å². The van der Waals surface area contributed by atoms with Gasteiger partial charge in [0, 0.05) is 0 Å². The number of methoxy groups -OCH3 is 1. The van der Waals surface area contributed by atoms with Crippen molar-refractivity contribution in [3.63, 3.8) is 0 Å². The fourth-order valence-corrected chi connectivity index (χ4v) is 3.90. The maximum Gasteiger partial charge on any atom is 0.355 e. The third kappa shape index (κ3) is 3.00. The maximum atomic E-state index is 13.4. The summed E-state index contributed by atoms with van der Waals surface area (Å²) < 4.78 is 10.4. The lowest BCUT2D eigenvalue weighted by Gasteiger charge is -2.23. The van der Waals surface area contributed by atoms with Crippen molar-refractivity contribution in [1.82, 2.24) is 0 Å². The summed E-state index contributed by atoms with van der Waals surface area (Å²) in [6.45, 7) is 1.76. The predicted octanol–water partition coefficient (Wildman–Crippen LogP) is 2.65. The minimum Gasteiger partial charge on any atom is -0.495 e. The second kappa shape index (κ2) is 7.79. The highest BCUT2D eigenvalue weighted by Crippen LogP contribution is 2.42. The van der Waals surface area contributed by atoms with Crippen LogP contribution in [0.25, 0.3) is 0 Å². The first-order chi connectivity index (χ1) is 14.5. The highest BCUT2D eigenvalue weighted by atomic mass is 35.5. The number of hydrogen-bond acceptors (Lipinski definition) is 7. The van der Waals surface area contributed by atoms with Crippen molar-refractivity contribution in [3.05, 3.63) is 53.6 Å². The highest BCUT2D eigenvalue weighted by Gasteiger charge is 2.59. The van der Waals surface area contributed by atoms with E-state index in [1.807, 2.05) is 0 Å². The van der Waals surface area contributed by atoms with Gasteiger partial charge in [0.1, 0.15) is 17.7 Å². The number of carbonyl (C=O) groups excluding carboxylic acids is 3. The number of benzene rings is 2. The highest BCUT2D eigenvalue weighted by molar-refractivity contribution is 6.47. The SMILES string of the molecule is CCOC(=O)C1=NN(c2ccccc2Cl)C2C(=O)N(c3ccccc3OC)C(=O)C12. The molecule has 8 nitrogen and oxygen atoms in total. The van der Waals surface area contributed by atoms with E-state index in [1.54, 1.807) is 55.5 Å². The van der Waals surface area contributed by atoms with E-state index in [4.69, 9.17) is 21.1 Å². The fraction of sp³-hybridized carbons (Fsp3) is 0.238. The molecule has 1 saturated heterocycles. The van der Waals surface area contributed by atoms with Gasteiger partial charge in [-0.25, -0.2) is 14.7 Å². The molecule has 2 heterocycles. The van der Waals surface area contributed by atoms with Gasteiger partial charge in [0.2, 0.25) is 5.91 Å². The van der Waals surface area contributed by atoms with Gasteiger partial charge in [0.25, 0.3) is 5.91 Å². The van der Waals surface area contributed by atoms with Gasteiger partial charge in [-0.2, -0.15) is 5.10 Å². The number of fused-ring (bicyclic) bond motifs is 1. The second-order valence-corrected chi connectivity index (χ2v) is 7.02. The average Bonchev–Trinajstić information content (AvgIpc) is 3.25. The molecule has 0 spiro atoms. The lowest BCUT2D eigenvalue weighted by molar-refractivity contribution is -0.136. The van der Waals surface area contributed by atoms with Crippen LogP contribution in [0.2, 0.25) is 5.02 Å². The third-order valence-corrected chi connectivity index (χ3v) is 5.28. The topological polar surface area (TPSA) is 88.5 Å². The van der Waals surface area contributed by atoms with Crippen LogP contribution >= 0.6 is 11.6 Å². The van der Waals surface area contributed by atoms with Gasteiger partial charge < -0.3 is 9.47 Å². The van der Waals surface area contributed by atoms with Crippen LogP contribution < -0.4 is 14.6 Å². The van der Waals surface area contributed by atoms with Gasteiger partial charge in [0.05, 0.1) is 30.1 Å². The van der Waals surface area contributed by atoms with E-state index in [0.717, 1.165) is 4.90 Å². The van der Waals surface area contributed by atoms with Gasteiger partial charge in [-0.15, -0.1) is 0 Å². The van der Waals surface area contributed by atoms with Crippen LogP contribution in [0.15, 0.2) is 53.6 Å². The van der Waals surface area contributed by atoms with Crippen LogP contribution in [0, 0.1) is 5.92 Å². The van der Waals surface area contributed by atoms with Crippen molar-refractivity contribution in [2.75, 3.05) is 23.6 Å². The first-order valence-electron chi connectivity index (χ1n) is 9.29. The molecular weight excluding hydrogens is 410 g/mol. The number of para-hydroxylation sites is 3. The maximum absolute atomic E-state index is 13.4. The molecule has 0 saturated carbocycles. The summed E-state index contributed by atoms with van der Waals surface area (Å²) in [6.07, 6.45) is 0. The van der Waals surface area contributed by atoms with Crippen molar-refractivity contribution in [2.45, 2.75) is 13.0 Å². The quantitative estimate of drug-likeness (QED) is 0.538. The zero-order valence-electron chi connectivity index (χ0n) is 16.2. The van der Waals surface area contributed by atoms with Crippen molar-refractivity contribution in [3.8, 4) is 5.75 Å². The molecule has 0 aromatic heterocycles. The smallest absolute Gasteiger partial charge is 0.355 e. The van der Waals surface area contributed by atoms with E-state index in [-0.39, 0.29) is 12.3 Å². The third-order valence-electron chi connectivity index (χ3n) is 4.96. The van der Waals surface area contributed by atoms with Crippen molar-refractivity contribution < 1.29 is 23.9 Å². The van der Waals surface area contributed by atoms with E-state index in [0.29, 0.717) is 22.1 Å². The summed E-state index contributed by atoms with van der Waals surface area (Å²) in [7, 11) is 1.45. The van der Waals surface area contributed by atoms with Crippen LogP contribution in [0.5, 0.6) is 5.75 Å². The zero-order chi connectivity index (χ0) is 21.4. The molecule has 2 aliphatic rings. The van der Waals surface area contributed by atoms with Crippen molar-refractivity contribution in [2.24, 2.45) is 11.0 Å². The summed E-state index contributed by atoms with van der Waals surface area (Å²) in [5, 5.41) is 5.95. The lowest BCUT2D eigenvalue weighted by atomic mass is 9.98. The van der Waals surface area contributed by atoms with Crippen LogP contribution in [-0.2, 0) is 19.1 Å². The summed E-state index contributed by atoms with van der Waals surface area (Å²) >= 11 is 6.31. The van der Waals surface area contributed by atoms with E-state index in [9.17, 15) is 14.4 Å². The number of nitrogens with zero attached hydrogens (tertiary/aromatic N) is 3. The molecule has 4 rings (SSSR count). The molecule has 9 heteroatoms. The Morgan fingerprint density at radius 3 is 2.40 bits per heavy atom. The summed E-state index contributed by atoms with van der Waals surface area (Å²) in [6, 6.07) is 12.4. The molecule has 154 valence electrons. The van der Waals surface area contributed by atoms with E-state index in [2.05, 4.69) is 5.10 Å². The molecule has 2 aliphatic heterocycles. The Bertz CT molecular complexity index is 1070. The van der Waals surface area contributed by atoms with Crippen LogP contribution in [0.1, 0.15) is 6.92 Å². The zero-order valence-corrected chi connectivity index (χ0v) is 17.0. The molecule has 2 aromatic rings. The summed E-state index contributed by atoms with van der Waals surface area (Å²) in [5.74, 6) is -2.60. The molecule has 2 atom stereocenters. The van der Waals surface area contributed by atoms with Crippen molar-refractivity contribution >= 4 is 46.5 Å². The summed E-state index contributed by atoms with van der Waals surface area (Å²) in [4.78, 5) is 40.4. The molecule has 0 radical (unpaired) electrons. The monoisotopic (exact) mass is 427 g/mol. The number of halogens is 1. The molecular formula is C21H18ClN3O5. The number of amides is 2. The number of ether oxygens (including phenoxy) is 2. The van der Waals surface area contributed by atoms with Crippen LogP contribution in [0.4, 0.5) is 11.4 Å². The van der Waals surface area contributed by atoms with Gasteiger partial charge in [-0.3, -0.25) is 9.59 Å². The standard InChI is InChI=1S/C21H18ClN3O5/c1-3-30-21(28)17-16-18(25(23-17)13-9-5-4-8-12(13)22)20(27)24(19(16)26)14-10-6-7-11-15(14)29-2/h4-11,16,18H,3H2,1-2H3. The van der Waals surface area contributed by atoms with Gasteiger partial charge in [-0.1, -0.05) is 35.9 Å². The number of rotatable bonds is 5. The summed E-state index contributed by atoms with van der Waals surface area (Å²) in [5.41, 5.74) is 0.584. The number of anilines is 2. The first-order valence-corrected chi connectivity index (χ1v) is 9.67. The van der Waals surface area contributed by atoms with E-state index < -0.39 is 29.7 Å². The Kier molecular flexibility index (Phi) is 5.17. The first kappa shape index (κ1) is 19.9. The normalized spacial score (nSPS) is 20.3. The Labute approximate surface area is 177 Å². The number of carbonyl (C=O) groups is 3. The van der Waals surface area contributed by atoms with Gasteiger partial charge >= 0.3 is 5.97 Å². The fourth-order valence-electron chi connectivity index (χ4n) is 3.68. The largest absolute Gasteiger partial charge is 0.495 e. The Hall–Kier alpha value is -3.39. The molecule has 2 aromatic carbocycles. The number of esters is 1. The van der Waals surface area contributed by atoms with Gasteiger partial charge in [0.15, 0.2) is 5.71 Å². The minimum atomic E-state index is -1.11. The molecule has 1 fully saturated rings. The molecule has 2 amide bonds. The van der Waals surface area contributed by atoms with E-state index in [1.165, 1.54) is 12.1 Å². The molecule has 0 aliphatic carbocycles. The van der Waals surface area contributed by atoms with Crippen LogP contribution in [0.3, 0.4) is 0 Å². The lowest BCUT2D eigenvalue weighted by Crippen LogP contribution is -2.39. The number of hydrazone groups is 1. The Balaban J connectivity index is 1.83. The molecule has 0 N–H and O–H groups in total. The molecule has 2 unspecified atom stereocenters. The average molecular weight is 428 g/mol. The Morgan fingerprint density at radius 1 is 1.07 bits per heavy atom. The predicted molar refractivity (Wildman–Crippen MR) is 111 cm³/mol. The second-order valence-electron chi connectivity index (χ2n) is 6.61. The Morgan fingerprint density at radius 2 is 1.73 bits per heavy atom. The minimum absolute atomic E-state index is 0.111. The molecule has 30 heavy (non-hydrogen) atoms. The number of hydrogen-bond donors (Lipinski definition) is 0.